The second kappa shape index (κ2) is 5.32. The molecule has 2 rings (SSSR count). The second-order valence-electron chi connectivity index (χ2n) is 4.00. The number of carbonyl (C=O) groups excluding carboxylic acids is 1. The molecule has 1 amide bonds. The average Bonchev–Trinajstić information content (AvgIpc) is 2.85. The molecule has 1 saturated heterocycles. The van der Waals surface area contributed by atoms with Crippen LogP contribution in [-0.2, 0) is 0 Å². The smallest absolute Gasteiger partial charge is 0.274 e. The highest BCUT2D eigenvalue weighted by molar-refractivity contribution is 5.92. The minimum absolute atomic E-state index is 0. The lowest BCUT2D eigenvalue weighted by Crippen LogP contribution is -2.38. The molecule has 0 aromatic carbocycles. The Morgan fingerprint density at radius 2 is 2.38 bits per heavy atom. The minimum atomic E-state index is -0.00644. The maximum Gasteiger partial charge on any atom is 0.274 e. The van der Waals surface area contributed by atoms with Gasteiger partial charge in [0.2, 0.25) is 0 Å². The van der Waals surface area contributed by atoms with Gasteiger partial charge in [0.25, 0.3) is 5.91 Å². The SMILES string of the molecule is Cc1cc(C(=O)N(C)C2CCNC2)n[nH]1.Cl. The summed E-state index contributed by atoms with van der Waals surface area (Å²) in [7, 11) is 1.84. The Labute approximate surface area is 101 Å². The van der Waals surface area contributed by atoms with Crippen molar-refractivity contribution in [2.75, 3.05) is 20.1 Å². The highest BCUT2D eigenvalue weighted by Gasteiger charge is 2.25. The number of aromatic amines is 1. The van der Waals surface area contributed by atoms with E-state index in [-0.39, 0.29) is 18.3 Å². The normalized spacial score (nSPS) is 19.2. The molecule has 1 aromatic rings. The predicted octanol–water partition coefficient (Wildman–Crippen LogP) is 0.574. The molecular formula is C10H17ClN4O. The van der Waals surface area contributed by atoms with Crippen molar-refractivity contribution in [1.29, 1.82) is 0 Å². The van der Waals surface area contributed by atoms with Gasteiger partial charge in [-0.3, -0.25) is 9.89 Å². The van der Waals surface area contributed by atoms with E-state index in [1.54, 1.807) is 11.0 Å². The van der Waals surface area contributed by atoms with Crippen molar-refractivity contribution in [1.82, 2.24) is 20.4 Å². The summed E-state index contributed by atoms with van der Waals surface area (Å²) < 4.78 is 0. The van der Waals surface area contributed by atoms with E-state index < -0.39 is 0 Å². The topological polar surface area (TPSA) is 61.0 Å². The summed E-state index contributed by atoms with van der Waals surface area (Å²) in [5.74, 6) is -0.00644. The minimum Gasteiger partial charge on any atom is -0.336 e. The number of hydrogen-bond acceptors (Lipinski definition) is 3. The fourth-order valence-electron chi connectivity index (χ4n) is 1.84. The number of hydrogen-bond donors (Lipinski definition) is 2. The van der Waals surface area contributed by atoms with E-state index in [1.165, 1.54) is 0 Å². The summed E-state index contributed by atoms with van der Waals surface area (Å²) in [5.41, 5.74) is 1.41. The van der Waals surface area contributed by atoms with Crippen molar-refractivity contribution in [2.24, 2.45) is 0 Å². The van der Waals surface area contributed by atoms with E-state index in [1.807, 2.05) is 14.0 Å². The molecule has 1 unspecified atom stereocenters. The van der Waals surface area contributed by atoms with Gasteiger partial charge in [0.1, 0.15) is 5.69 Å². The molecule has 6 heteroatoms. The molecule has 16 heavy (non-hydrogen) atoms. The first-order valence-electron chi connectivity index (χ1n) is 5.18. The van der Waals surface area contributed by atoms with Crippen LogP contribution in [0, 0.1) is 6.92 Å². The first kappa shape index (κ1) is 13.0. The number of H-pyrrole nitrogens is 1. The lowest BCUT2D eigenvalue weighted by molar-refractivity contribution is 0.0738. The summed E-state index contributed by atoms with van der Waals surface area (Å²) >= 11 is 0. The number of rotatable bonds is 2. The Bertz CT molecular complexity index is 359. The molecule has 0 aliphatic carbocycles. The predicted molar refractivity (Wildman–Crippen MR) is 63.9 cm³/mol. The van der Waals surface area contributed by atoms with Crippen LogP contribution in [0.4, 0.5) is 0 Å². The molecule has 1 aliphatic rings. The number of halogens is 1. The van der Waals surface area contributed by atoms with Gasteiger partial charge in [0, 0.05) is 25.3 Å². The van der Waals surface area contributed by atoms with Crippen LogP contribution in [0.5, 0.6) is 0 Å². The second-order valence-corrected chi connectivity index (χ2v) is 4.00. The quantitative estimate of drug-likeness (QED) is 0.800. The Morgan fingerprint density at radius 1 is 1.62 bits per heavy atom. The van der Waals surface area contributed by atoms with Gasteiger partial charge < -0.3 is 10.2 Å². The fraction of sp³-hybridized carbons (Fsp3) is 0.600. The number of nitrogens with zero attached hydrogens (tertiary/aromatic N) is 2. The third kappa shape index (κ3) is 2.54. The zero-order chi connectivity index (χ0) is 10.8. The Morgan fingerprint density at radius 3 is 2.88 bits per heavy atom. The number of amides is 1. The van der Waals surface area contributed by atoms with E-state index in [4.69, 9.17) is 0 Å². The molecule has 1 aromatic heterocycles. The standard InChI is InChI=1S/C10H16N4O.ClH/c1-7-5-9(13-12-7)10(15)14(2)8-3-4-11-6-8;/h5,8,11H,3-4,6H2,1-2H3,(H,12,13);1H. The van der Waals surface area contributed by atoms with Crippen molar-refractivity contribution in [3.05, 3.63) is 17.5 Å². The monoisotopic (exact) mass is 244 g/mol. The maximum absolute atomic E-state index is 12.0. The Kier molecular flexibility index (Phi) is 4.32. The van der Waals surface area contributed by atoms with Crippen molar-refractivity contribution in [3.63, 3.8) is 0 Å². The maximum atomic E-state index is 12.0. The van der Waals surface area contributed by atoms with Crippen molar-refractivity contribution < 1.29 is 4.79 Å². The molecule has 1 atom stereocenters. The van der Waals surface area contributed by atoms with Crippen LogP contribution >= 0.6 is 12.4 Å². The summed E-state index contributed by atoms with van der Waals surface area (Å²) in [4.78, 5) is 13.7. The molecule has 0 saturated carbocycles. The van der Waals surface area contributed by atoms with Gasteiger partial charge in [-0.15, -0.1) is 12.4 Å². The van der Waals surface area contributed by atoms with Gasteiger partial charge >= 0.3 is 0 Å². The number of carbonyl (C=O) groups is 1. The van der Waals surface area contributed by atoms with Crippen LogP contribution in [0.15, 0.2) is 6.07 Å². The molecular weight excluding hydrogens is 228 g/mol. The van der Waals surface area contributed by atoms with E-state index >= 15 is 0 Å². The van der Waals surface area contributed by atoms with Gasteiger partial charge in [-0.25, -0.2) is 0 Å². The zero-order valence-electron chi connectivity index (χ0n) is 9.49. The number of likely N-dealkylation sites (N-methyl/N-ethyl adjacent to an activating group) is 1. The van der Waals surface area contributed by atoms with Crippen LogP contribution in [-0.4, -0.2) is 47.2 Å². The average molecular weight is 245 g/mol. The van der Waals surface area contributed by atoms with Gasteiger partial charge in [-0.2, -0.15) is 5.10 Å². The van der Waals surface area contributed by atoms with Crippen LogP contribution in [0.25, 0.3) is 0 Å². The van der Waals surface area contributed by atoms with E-state index in [0.29, 0.717) is 11.7 Å². The third-order valence-electron chi connectivity index (χ3n) is 2.83. The van der Waals surface area contributed by atoms with Gasteiger partial charge in [0.05, 0.1) is 0 Å². The highest BCUT2D eigenvalue weighted by Crippen LogP contribution is 2.10. The first-order valence-corrected chi connectivity index (χ1v) is 5.18. The molecule has 2 N–H and O–H groups in total. The number of nitrogens with one attached hydrogen (secondary N) is 2. The molecule has 1 aliphatic heterocycles. The van der Waals surface area contributed by atoms with E-state index in [2.05, 4.69) is 15.5 Å². The lowest BCUT2D eigenvalue weighted by atomic mass is 10.2. The number of aryl methyl sites for hydroxylation is 1. The van der Waals surface area contributed by atoms with Gasteiger partial charge in [-0.05, 0) is 26.0 Å². The van der Waals surface area contributed by atoms with Gasteiger partial charge in [-0.1, -0.05) is 0 Å². The Balaban J connectivity index is 0.00000128. The Hall–Kier alpha value is -1.07. The van der Waals surface area contributed by atoms with Crippen LogP contribution in [0.1, 0.15) is 22.6 Å². The highest BCUT2D eigenvalue weighted by atomic mass is 35.5. The molecule has 2 heterocycles. The molecule has 1 fully saturated rings. The van der Waals surface area contributed by atoms with Crippen molar-refractivity contribution in [2.45, 2.75) is 19.4 Å². The van der Waals surface area contributed by atoms with E-state index in [9.17, 15) is 4.79 Å². The third-order valence-corrected chi connectivity index (χ3v) is 2.83. The lowest BCUT2D eigenvalue weighted by Gasteiger charge is -2.22. The molecule has 0 spiro atoms. The van der Waals surface area contributed by atoms with Crippen molar-refractivity contribution in [3.8, 4) is 0 Å². The summed E-state index contributed by atoms with van der Waals surface area (Å²) in [6, 6.07) is 2.08. The van der Waals surface area contributed by atoms with Crippen molar-refractivity contribution >= 4 is 18.3 Å². The summed E-state index contributed by atoms with van der Waals surface area (Å²) in [6.07, 6.45) is 1.02. The number of aromatic nitrogens is 2. The molecule has 5 nitrogen and oxygen atoms in total. The first-order chi connectivity index (χ1) is 7.18. The summed E-state index contributed by atoms with van der Waals surface area (Å²) in [5, 5.41) is 10.00. The van der Waals surface area contributed by atoms with Crippen LogP contribution in [0.2, 0.25) is 0 Å². The molecule has 0 radical (unpaired) electrons. The largest absolute Gasteiger partial charge is 0.336 e. The van der Waals surface area contributed by atoms with Crippen LogP contribution in [0.3, 0.4) is 0 Å². The fourth-order valence-corrected chi connectivity index (χ4v) is 1.84. The zero-order valence-corrected chi connectivity index (χ0v) is 10.3. The molecule has 0 bridgehead atoms. The molecule has 90 valence electrons. The van der Waals surface area contributed by atoms with Crippen LogP contribution < -0.4 is 5.32 Å². The van der Waals surface area contributed by atoms with E-state index in [0.717, 1.165) is 25.2 Å². The van der Waals surface area contributed by atoms with Gasteiger partial charge in [0.15, 0.2) is 0 Å². The summed E-state index contributed by atoms with van der Waals surface area (Å²) in [6.45, 7) is 3.76.